The highest BCUT2D eigenvalue weighted by molar-refractivity contribution is 5.78. The minimum Gasteiger partial charge on any atom is -0.383 e. The Morgan fingerprint density at radius 3 is 2.71 bits per heavy atom. The molecule has 4 aromatic rings. The summed E-state index contributed by atoms with van der Waals surface area (Å²) in [7, 11) is 2.16. The van der Waals surface area contributed by atoms with Gasteiger partial charge in [-0.25, -0.2) is 4.98 Å². The number of anilines is 4. The third-order valence-electron chi connectivity index (χ3n) is 7.68. The molecule has 1 fully saturated rings. The van der Waals surface area contributed by atoms with Gasteiger partial charge in [-0.15, -0.1) is 6.42 Å². The van der Waals surface area contributed by atoms with E-state index in [1.165, 1.54) is 5.69 Å². The molecule has 192 valence electrons. The molecule has 1 saturated heterocycles. The van der Waals surface area contributed by atoms with Crippen LogP contribution in [0.4, 0.5) is 23.0 Å². The highest BCUT2D eigenvalue weighted by Gasteiger charge is 2.24. The summed E-state index contributed by atoms with van der Waals surface area (Å²) in [4.78, 5) is 25.1. The fraction of sp³-hybridized carbons (Fsp3) is 0.300. The maximum atomic E-state index is 13.4. The Morgan fingerprint density at radius 2 is 1.92 bits per heavy atom. The first-order chi connectivity index (χ1) is 18.6. The van der Waals surface area contributed by atoms with Crippen LogP contribution in [0.15, 0.2) is 65.6 Å². The topological polar surface area (TPSA) is 87.1 Å². The lowest BCUT2D eigenvalue weighted by atomic mass is 9.99. The van der Waals surface area contributed by atoms with Crippen molar-refractivity contribution in [2.75, 3.05) is 42.2 Å². The summed E-state index contributed by atoms with van der Waals surface area (Å²) in [5.41, 5.74) is 5.00. The molecular formula is C30H31N7O. The summed E-state index contributed by atoms with van der Waals surface area (Å²) in [5, 5.41) is 10.9. The average Bonchev–Trinajstić information content (AvgIpc) is 2.97. The van der Waals surface area contributed by atoms with Crippen LogP contribution in [0.2, 0.25) is 0 Å². The highest BCUT2D eigenvalue weighted by Crippen LogP contribution is 2.29. The van der Waals surface area contributed by atoms with Crippen molar-refractivity contribution < 1.29 is 0 Å². The summed E-state index contributed by atoms with van der Waals surface area (Å²) in [6.45, 7) is 2.73. The molecule has 2 aromatic heterocycles. The Balaban J connectivity index is 1.30. The van der Waals surface area contributed by atoms with Crippen LogP contribution in [-0.4, -0.2) is 47.3 Å². The van der Waals surface area contributed by atoms with E-state index < -0.39 is 0 Å². The van der Waals surface area contributed by atoms with Crippen LogP contribution in [0, 0.1) is 12.3 Å². The van der Waals surface area contributed by atoms with Gasteiger partial charge in [0.15, 0.2) is 0 Å². The summed E-state index contributed by atoms with van der Waals surface area (Å²) in [5.74, 6) is 2.98. The van der Waals surface area contributed by atoms with Gasteiger partial charge < -0.3 is 20.9 Å². The van der Waals surface area contributed by atoms with E-state index in [1.807, 2.05) is 24.3 Å². The van der Waals surface area contributed by atoms with Gasteiger partial charge in [0.1, 0.15) is 5.65 Å². The predicted molar refractivity (Wildman–Crippen MR) is 153 cm³/mol. The van der Waals surface area contributed by atoms with Crippen molar-refractivity contribution in [3.05, 3.63) is 82.3 Å². The number of benzene rings is 2. The van der Waals surface area contributed by atoms with Crippen LogP contribution in [-0.2, 0) is 6.42 Å². The smallest absolute Gasteiger partial charge is 0.268 e. The molecule has 6 rings (SSSR count). The number of rotatable bonds is 5. The first-order valence-electron chi connectivity index (χ1n) is 13.1. The molecule has 0 saturated carbocycles. The van der Waals surface area contributed by atoms with Gasteiger partial charge in [-0.1, -0.05) is 24.1 Å². The van der Waals surface area contributed by atoms with Gasteiger partial charge in [-0.3, -0.25) is 9.36 Å². The quantitative estimate of drug-likeness (QED) is 0.355. The number of para-hydroxylation sites is 1. The molecule has 1 atom stereocenters. The summed E-state index contributed by atoms with van der Waals surface area (Å²) in [6.07, 6.45) is 10.4. The number of terminal acetylenes is 1. The van der Waals surface area contributed by atoms with Gasteiger partial charge in [-0.2, -0.15) is 4.98 Å². The molecule has 0 aliphatic carbocycles. The number of aromatic nitrogens is 3. The van der Waals surface area contributed by atoms with Gasteiger partial charge in [0, 0.05) is 48.3 Å². The lowest BCUT2D eigenvalue weighted by Crippen LogP contribution is -2.41. The molecule has 0 bridgehead atoms. The zero-order valence-corrected chi connectivity index (χ0v) is 21.4. The van der Waals surface area contributed by atoms with E-state index in [2.05, 4.69) is 63.1 Å². The van der Waals surface area contributed by atoms with Crippen LogP contribution >= 0.6 is 0 Å². The molecular weight excluding hydrogens is 474 g/mol. The standard InChI is InChI=1S/C30H31N7O/c1-3-20-16-22-18-33-30(34-23-8-10-24(11-9-23)36(2)25-12-14-31-15-13-25)35-28(22)37(29(20)38)26-17-21-6-4-5-7-27(21)32-19-26/h1,4-11,16,18,25-26,31-32H,12-15,17,19H2,2H3,(H,33,34,35). The van der Waals surface area contributed by atoms with Gasteiger partial charge in [-0.05, 0) is 74.3 Å². The molecule has 2 aromatic carbocycles. The van der Waals surface area contributed by atoms with Crippen LogP contribution in [0.1, 0.15) is 30.0 Å². The molecule has 0 amide bonds. The minimum absolute atomic E-state index is 0.124. The van der Waals surface area contributed by atoms with Crippen molar-refractivity contribution in [3.8, 4) is 12.3 Å². The third kappa shape index (κ3) is 4.57. The van der Waals surface area contributed by atoms with E-state index in [-0.39, 0.29) is 11.6 Å². The highest BCUT2D eigenvalue weighted by atomic mass is 16.1. The second-order valence-corrected chi connectivity index (χ2v) is 10.0. The van der Waals surface area contributed by atoms with Crippen molar-refractivity contribution in [3.63, 3.8) is 0 Å². The number of nitrogens with zero attached hydrogens (tertiary/aromatic N) is 4. The van der Waals surface area contributed by atoms with Crippen LogP contribution < -0.4 is 26.4 Å². The maximum Gasteiger partial charge on any atom is 0.268 e. The number of piperidine rings is 1. The van der Waals surface area contributed by atoms with Crippen molar-refractivity contribution >= 4 is 34.0 Å². The minimum atomic E-state index is -0.207. The Kier molecular flexibility index (Phi) is 6.44. The molecule has 3 N–H and O–H groups in total. The monoisotopic (exact) mass is 505 g/mol. The zero-order valence-electron chi connectivity index (χ0n) is 21.4. The lowest BCUT2D eigenvalue weighted by Gasteiger charge is -2.33. The first-order valence-corrected chi connectivity index (χ1v) is 13.1. The summed E-state index contributed by atoms with van der Waals surface area (Å²) >= 11 is 0. The van der Waals surface area contributed by atoms with E-state index in [9.17, 15) is 4.79 Å². The second-order valence-electron chi connectivity index (χ2n) is 10.0. The Hall–Kier alpha value is -4.35. The van der Waals surface area contributed by atoms with Crippen molar-refractivity contribution in [1.82, 2.24) is 19.9 Å². The molecule has 4 heterocycles. The maximum absolute atomic E-state index is 13.4. The molecule has 1 unspecified atom stereocenters. The largest absolute Gasteiger partial charge is 0.383 e. The van der Waals surface area contributed by atoms with E-state index in [1.54, 1.807) is 16.8 Å². The predicted octanol–water partition coefficient (Wildman–Crippen LogP) is 3.91. The van der Waals surface area contributed by atoms with Crippen LogP contribution in [0.3, 0.4) is 0 Å². The molecule has 0 radical (unpaired) electrons. The van der Waals surface area contributed by atoms with Crippen LogP contribution in [0.5, 0.6) is 0 Å². The van der Waals surface area contributed by atoms with Gasteiger partial charge in [0.05, 0.1) is 11.6 Å². The Bertz CT molecular complexity index is 1560. The molecule has 2 aliphatic heterocycles. The third-order valence-corrected chi connectivity index (χ3v) is 7.68. The zero-order chi connectivity index (χ0) is 26.1. The van der Waals surface area contributed by atoms with E-state index in [0.29, 0.717) is 36.2 Å². The van der Waals surface area contributed by atoms with Crippen molar-refractivity contribution in [2.45, 2.75) is 31.3 Å². The van der Waals surface area contributed by atoms with E-state index in [4.69, 9.17) is 11.4 Å². The normalized spacial score (nSPS) is 17.3. The first kappa shape index (κ1) is 24.0. The Morgan fingerprint density at radius 1 is 1.13 bits per heavy atom. The number of hydrogen-bond acceptors (Lipinski definition) is 7. The van der Waals surface area contributed by atoms with Crippen molar-refractivity contribution in [1.29, 1.82) is 0 Å². The molecule has 8 nitrogen and oxygen atoms in total. The molecule has 2 aliphatic rings. The number of hydrogen-bond donors (Lipinski definition) is 3. The van der Waals surface area contributed by atoms with Gasteiger partial charge >= 0.3 is 0 Å². The molecule has 8 heteroatoms. The fourth-order valence-corrected chi connectivity index (χ4v) is 5.54. The lowest BCUT2D eigenvalue weighted by molar-refractivity contribution is 0.443. The van der Waals surface area contributed by atoms with E-state index in [0.717, 1.165) is 48.3 Å². The van der Waals surface area contributed by atoms with Crippen molar-refractivity contribution in [2.24, 2.45) is 0 Å². The molecule has 0 spiro atoms. The average molecular weight is 506 g/mol. The van der Waals surface area contributed by atoms with Gasteiger partial charge in [0.25, 0.3) is 5.56 Å². The number of nitrogens with one attached hydrogen (secondary N) is 3. The van der Waals surface area contributed by atoms with Gasteiger partial charge in [0.2, 0.25) is 5.95 Å². The SMILES string of the molecule is C#Cc1cc2cnc(Nc3ccc(N(C)C4CCNCC4)cc3)nc2n(C2CNc3ccccc3C2)c1=O. The summed E-state index contributed by atoms with van der Waals surface area (Å²) in [6, 6.07) is 18.6. The second kappa shape index (κ2) is 10.2. The summed E-state index contributed by atoms with van der Waals surface area (Å²) < 4.78 is 1.73. The number of pyridine rings is 1. The number of fused-ring (bicyclic) bond motifs is 2. The molecule has 38 heavy (non-hydrogen) atoms. The van der Waals surface area contributed by atoms with Crippen LogP contribution in [0.25, 0.3) is 11.0 Å². The fourth-order valence-electron chi connectivity index (χ4n) is 5.54. The van der Waals surface area contributed by atoms with E-state index >= 15 is 0 Å². The Labute approximate surface area is 222 Å².